The van der Waals surface area contributed by atoms with Gasteiger partial charge in [0.25, 0.3) is 0 Å². The van der Waals surface area contributed by atoms with E-state index < -0.39 is 0 Å². The lowest BCUT2D eigenvalue weighted by Crippen LogP contribution is -1.93. The van der Waals surface area contributed by atoms with Crippen LogP contribution in [0.25, 0.3) is 0 Å². The number of anilines is 2. The van der Waals surface area contributed by atoms with Crippen LogP contribution in [0.3, 0.4) is 0 Å². The minimum absolute atomic E-state index is 0.317. The summed E-state index contributed by atoms with van der Waals surface area (Å²) in [5.41, 5.74) is 1.58. The summed E-state index contributed by atoms with van der Waals surface area (Å²) in [5, 5.41) is 4.49. The van der Waals surface area contributed by atoms with Gasteiger partial charge < -0.3 is 5.32 Å². The highest BCUT2D eigenvalue weighted by Gasteiger charge is 2.09. The number of nitrogens with zero attached hydrogens (tertiary/aromatic N) is 2. The molecule has 0 spiro atoms. The fraction of sp³-hybridized carbons (Fsp3) is 0.111. The summed E-state index contributed by atoms with van der Waals surface area (Å²) >= 11 is 18.9. The first-order valence-corrected chi connectivity index (χ1v) is 6.15. The van der Waals surface area contributed by atoms with Crippen LogP contribution in [0.2, 0.25) is 15.2 Å². The van der Waals surface area contributed by atoms with Crippen molar-refractivity contribution in [2.75, 3.05) is 5.32 Å². The largest absolute Gasteiger partial charge is 0.335 e. The first-order chi connectivity index (χ1) is 7.58. The van der Waals surface area contributed by atoms with Crippen LogP contribution in [-0.4, -0.2) is 8.75 Å². The average molecular weight is 295 g/mol. The van der Waals surface area contributed by atoms with Gasteiger partial charge in [0.15, 0.2) is 11.0 Å². The summed E-state index contributed by atoms with van der Waals surface area (Å²) in [6.07, 6.45) is 0. The zero-order valence-electron chi connectivity index (χ0n) is 8.09. The molecular formula is C9H6Cl3N3S. The fourth-order valence-electron chi connectivity index (χ4n) is 1.12. The van der Waals surface area contributed by atoms with E-state index in [-0.39, 0.29) is 0 Å². The van der Waals surface area contributed by atoms with Gasteiger partial charge in [-0.15, -0.1) is 0 Å². The van der Waals surface area contributed by atoms with Crippen LogP contribution in [0.1, 0.15) is 5.56 Å². The maximum Gasteiger partial charge on any atom is 0.187 e. The molecule has 0 unspecified atom stereocenters. The van der Waals surface area contributed by atoms with Crippen LogP contribution in [-0.2, 0) is 0 Å². The first kappa shape index (κ1) is 11.9. The van der Waals surface area contributed by atoms with Crippen LogP contribution in [0.4, 0.5) is 11.5 Å². The molecule has 7 heteroatoms. The molecule has 0 bridgehead atoms. The zero-order chi connectivity index (χ0) is 11.7. The molecule has 0 aliphatic rings. The Bertz CT molecular complexity index is 527. The molecule has 0 amide bonds. The van der Waals surface area contributed by atoms with Gasteiger partial charge in [-0.3, -0.25) is 0 Å². The van der Waals surface area contributed by atoms with Gasteiger partial charge in [-0.1, -0.05) is 34.8 Å². The van der Waals surface area contributed by atoms with Crippen LogP contribution in [0.5, 0.6) is 0 Å². The van der Waals surface area contributed by atoms with Crippen molar-refractivity contribution in [1.82, 2.24) is 8.75 Å². The Kier molecular flexibility index (Phi) is 3.54. The highest BCUT2D eigenvalue weighted by Crippen LogP contribution is 2.32. The Hall–Kier alpha value is -0.550. The quantitative estimate of drug-likeness (QED) is 0.883. The van der Waals surface area contributed by atoms with Crippen molar-refractivity contribution in [3.63, 3.8) is 0 Å². The number of benzene rings is 1. The van der Waals surface area contributed by atoms with Gasteiger partial charge in [0.2, 0.25) is 0 Å². The van der Waals surface area contributed by atoms with Gasteiger partial charge in [0.05, 0.1) is 22.4 Å². The molecule has 1 heterocycles. The minimum atomic E-state index is 0.317. The molecule has 1 N–H and O–H groups in total. The van der Waals surface area contributed by atoms with E-state index in [2.05, 4.69) is 14.1 Å². The molecule has 1 aromatic heterocycles. The molecule has 0 saturated heterocycles. The van der Waals surface area contributed by atoms with Crippen molar-refractivity contribution in [1.29, 1.82) is 0 Å². The predicted molar refractivity (Wildman–Crippen MR) is 69.4 cm³/mol. The zero-order valence-corrected chi connectivity index (χ0v) is 11.2. The fourth-order valence-corrected chi connectivity index (χ4v) is 2.20. The van der Waals surface area contributed by atoms with E-state index in [1.54, 1.807) is 12.1 Å². The Morgan fingerprint density at radius 1 is 1.12 bits per heavy atom. The second-order valence-electron chi connectivity index (χ2n) is 3.11. The number of rotatable bonds is 2. The second-order valence-corrected chi connectivity index (χ2v) is 4.81. The average Bonchev–Trinajstić information content (AvgIpc) is 2.61. The van der Waals surface area contributed by atoms with Crippen LogP contribution >= 0.6 is 46.5 Å². The molecule has 3 nitrogen and oxygen atoms in total. The third kappa shape index (κ3) is 2.40. The molecule has 84 valence electrons. The maximum atomic E-state index is 6.06. The lowest BCUT2D eigenvalue weighted by Gasteiger charge is -2.08. The lowest BCUT2D eigenvalue weighted by molar-refractivity contribution is 1.42. The third-order valence-corrected chi connectivity index (χ3v) is 3.56. The Morgan fingerprint density at radius 2 is 1.88 bits per heavy atom. The highest BCUT2D eigenvalue weighted by molar-refractivity contribution is 6.99. The molecular weight excluding hydrogens is 289 g/mol. The lowest BCUT2D eigenvalue weighted by atomic mass is 10.2. The number of aromatic nitrogens is 2. The predicted octanol–water partition coefficient (Wildman–Crippen LogP) is 4.55. The van der Waals surface area contributed by atoms with Crippen LogP contribution in [0, 0.1) is 6.92 Å². The van der Waals surface area contributed by atoms with E-state index in [1.165, 1.54) is 0 Å². The van der Waals surface area contributed by atoms with Gasteiger partial charge in [-0.05, 0) is 24.6 Å². The van der Waals surface area contributed by atoms with Crippen molar-refractivity contribution in [2.24, 2.45) is 0 Å². The molecule has 2 rings (SSSR count). The number of hydrogen-bond donors (Lipinski definition) is 1. The van der Waals surface area contributed by atoms with Crippen LogP contribution < -0.4 is 5.32 Å². The second kappa shape index (κ2) is 4.75. The van der Waals surface area contributed by atoms with E-state index in [9.17, 15) is 0 Å². The smallest absolute Gasteiger partial charge is 0.187 e. The molecule has 2 aromatic rings. The van der Waals surface area contributed by atoms with Crippen molar-refractivity contribution in [3.05, 3.63) is 32.9 Å². The molecule has 1 aromatic carbocycles. The summed E-state index contributed by atoms with van der Waals surface area (Å²) in [6, 6.07) is 3.51. The van der Waals surface area contributed by atoms with Gasteiger partial charge in [0.1, 0.15) is 0 Å². The molecule has 16 heavy (non-hydrogen) atoms. The number of halogens is 3. The van der Waals surface area contributed by atoms with Crippen molar-refractivity contribution in [3.8, 4) is 0 Å². The number of nitrogens with one attached hydrogen (secondary N) is 1. The normalized spacial score (nSPS) is 10.5. The molecule has 0 atom stereocenters. The molecule has 0 radical (unpaired) electrons. The highest BCUT2D eigenvalue weighted by atomic mass is 35.5. The van der Waals surface area contributed by atoms with Crippen molar-refractivity contribution < 1.29 is 0 Å². The Balaban J connectivity index is 2.35. The van der Waals surface area contributed by atoms with Crippen molar-refractivity contribution in [2.45, 2.75) is 6.92 Å². The van der Waals surface area contributed by atoms with Gasteiger partial charge in [-0.25, -0.2) is 0 Å². The van der Waals surface area contributed by atoms with Gasteiger partial charge >= 0.3 is 0 Å². The summed E-state index contributed by atoms with van der Waals surface area (Å²) in [6.45, 7) is 1.88. The maximum absolute atomic E-state index is 6.06. The van der Waals surface area contributed by atoms with E-state index in [1.807, 2.05) is 6.92 Å². The van der Waals surface area contributed by atoms with Crippen LogP contribution in [0.15, 0.2) is 12.1 Å². The minimum Gasteiger partial charge on any atom is -0.335 e. The van der Waals surface area contributed by atoms with E-state index >= 15 is 0 Å². The molecule has 0 aliphatic carbocycles. The third-order valence-electron chi connectivity index (χ3n) is 1.95. The van der Waals surface area contributed by atoms with Gasteiger partial charge in [0, 0.05) is 5.02 Å². The first-order valence-electron chi connectivity index (χ1n) is 4.28. The number of aryl methyl sites for hydroxylation is 1. The van der Waals surface area contributed by atoms with Gasteiger partial charge in [-0.2, -0.15) is 8.75 Å². The molecule has 0 fully saturated rings. The topological polar surface area (TPSA) is 37.8 Å². The Labute approximate surface area is 112 Å². The molecule has 0 aliphatic heterocycles. The van der Waals surface area contributed by atoms with E-state index in [0.717, 1.165) is 17.3 Å². The molecule has 0 saturated carbocycles. The van der Waals surface area contributed by atoms with E-state index in [4.69, 9.17) is 34.8 Å². The standard InChI is InChI=1S/C9H6Cl3N3S/c1-4-2-6(11)7(3-5(4)10)13-9-8(12)14-16-15-9/h2-3H,1H3,(H,13,15). The summed E-state index contributed by atoms with van der Waals surface area (Å²) in [7, 11) is 0. The van der Waals surface area contributed by atoms with Crippen molar-refractivity contribution >= 4 is 58.0 Å². The summed E-state index contributed by atoms with van der Waals surface area (Å²) in [4.78, 5) is 0. The van der Waals surface area contributed by atoms with E-state index in [0.29, 0.717) is 26.7 Å². The monoisotopic (exact) mass is 293 g/mol. The SMILES string of the molecule is Cc1cc(Cl)c(Nc2nsnc2Cl)cc1Cl. The Morgan fingerprint density at radius 3 is 2.50 bits per heavy atom. The number of hydrogen-bond acceptors (Lipinski definition) is 4. The summed E-state index contributed by atoms with van der Waals surface area (Å²) < 4.78 is 7.83. The summed E-state index contributed by atoms with van der Waals surface area (Å²) in [5.74, 6) is 0.480.